The maximum Gasteiger partial charge on any atom is 0.413 e. The topological polar surface area (TPSA) is 75.0 Å². The van der Waals surface area contributed by atoms with E-state index in [0.29, 0.717) is 5.82 Å². The summed E-state index contributed by atoms with van der Waals surface area (Å²) in [5, 5.41) is 11.3. The SMILES string of the molecule is Cc1cc(C#N)nc(NC(=O)OCc2ccccc2)c1. The van der Waals surface area contributed by atoms with Crippen LogP contribution < -0.4 is 5.32 Å². The highest BCUT2D eigenvalue weighted by Gasteiger charge is 2.06. The molecule has 1 aromatic heterocycles. The average Bonchev–Trinajstić information content (AvgIpc) is 2.45. The molecule has 0 aliphatic heterocycles. The van der Waals surface area contributed by atoms with E-state index in [-0.39, 0.29) is 12.3 Å². The van der Waals surface area contributed by atoms with Crippen molar-refractivity contribution in [2.75, 3.05) is 5.32 Å². The molecule has 1 N–H and O–H groups in total. The molecular weight excluding hydrogens is 254 g/mol. The van der Waals surface area contributed by atoms with E-state index in [9.17, 15) is 4.79 Å². The van der Waals surface area contributed by atoms with Crippen LogP contribution in [0, 0.1) is 18.3 Å². The maximum absolute atomic E-state index is 11.6. The quantitative estimate of drug-likeness (QED) is 0.927. The van der Waals surface area contributed by atoms with Gasteiger partial charge in [-0.3, -0.25) is 5.32 Å². The van der Waals surface area contributed by atoms with Crippen molar-refractivity contribution in [2.24, 2.45) is 0 Å². The number of pyridine rings is 1. The molecule has 2 rings (SSSR count). The number of hydrogen-bond acceptors (Lipinski definition) is 4. The zero-order chi connectivity index (χ0) is 14.4. The molecule has 0 saturated carbocycles. The highest BCUT2D eigenvalue weighted by atomic mass is 16.5. The van der Waals surface area contributed by atoms with Gasteiger partial charge in [-0.25, -0.2) is 9.78 Å². The Morgan fingerprint density at radius 3 is 2.80 bits per heavy atom. The lowest BCUT2D eigenvalue weighted by Gasteiger charge is -2.07. The number of carbonyl (C=O) groups is 1. The normalized spacial score (nSPS) is 9.60. The van der Waals surface area contributed by atoms with Gasteiger partial charge in [0.25, 0.3) is 0 Å². The van der Waals surface area contributed by atoms with Gasteiger partial charge in [0, 0.05) is 0 Å². The van der Waals surface area contributed by atoms with Crippen LogP contribution in [-0.2, 0) is 11.3 Å². The first-order valence-corrected chi connectivity index (χ1v) is 6.04. The maximum atomic E-state index is 11.6. The van der Waals surface area contributed by atoms with Crippen LogP contribution in [0.5, 0.6) is 0 Å². The average molecular weight is 267 g/mol. The second-order valence-electron chi connectivity index (χ2n) is 4.21. The molecule has 1 heterocycles. The van der Waals surface area contributed by atoms with Crippen LogP contribution in [0.2, 0.25) is 0 Å². The number of benzene rings is 1. The number of aryl methyl sites for hydroxylation is 1. The lowest BCUT2D eigenvalue weighted by molar-refractivity contribution is 0.155. The number of hydrogen-bond donors (Lipinski definition) is 1. The summed E-state index contributed by atoms with van der Waals surface area (Å²) in [6.07, 6.45) is -0.601. The van der Waals surface area contributed by atoms with Gasteiger partial charge in [0.2, 0.25) is 0 Å². The summed E-state index contributed by atoms with van der Waals surface area (Å²) in [4.78, 5) is 15.6. The number of nitrogens with zero attached hydrogens (tertiary/aromatic N) is 2. The van der Waals surface area contributed by atoms with E-state index < -0.39 is 6.09 Å². The first-order chi connectivity index (χ1) is 9.67. The van der Waals surface area contributed by atoms with Gasteiger partial charge in [-0.05, 0) is 30.2 Å². The molecule has 0 saturated heterocycles. The number of ether oxygens (including phenoxy) is 1. The molecule has 5 nitrogen and oxygen atoms in total. The Balaban J connectivity index is 1.95. The molecule has 100 valence electrons. The fraction of sp³-hybridized carbons (Fsp3) is 0.133. The van der Waals surface area contributed by atoms with Crippen LogP contribution in [0.3, 0.4) is 0 Å². The van der Waals surface area contributed by atoms with Crippen molar-refractivity contribution in [2.45, 2.75) is 13.5 Å². The summed E-state index contributed by atoms with van der Waals surface area (Å²) in [5.74, 6) is 0.305. The second-order valence-corrected chi connectivity index (χ2v) is 4.21. The van der Waals surface area contributed by atoms with Crippen LogP contribution in [0.25, 0.3) is 0 Å². The number of amides is 1. The Morgan fingerprint density at radius 1 is 1.35 bits per heavy atom. The highest BCUT2D eigenvalue weighted by molar-refractivity contribution is 5.83. The molecule has 0 radical (unpaired) electrons. The third-order valence-corrected chi connectivity index (χ3v) is 2.53. The van der Waals surface area contributed by atoms with Crippen LogP contribution in [0.15, 0.2) is 42.5 Å². The van der Waals surface area contributed by atoms with Crippen molar-refractivity contribution in [1.82, 2.24) is 4.98 Å². The van der Waals surface area contributed by atoms with Crippen molar-refractivity contribution < 1.29 is 9.53 Å². The first-order valence-electron chi connectivity index (χ1n) is 6.04. The molecule has 0 atom stereocenters. The van der Waals surface area contributed by atoms with E-state index in [1.807, 2.05) is 43.3 Å². The van der Waals surface area contributed by atoms with Crippen molar-refractivity contribution in [3.8, 4) is 6.07 Å². The van der Waals surface area contributed by atoms with Gasteiger partial charge in [0.15, 0.2) is 0 Å². The number of nitrogens with one attached hydrogen (secondary N) is 1. The standard InChI is InChI=1S/C15H13N3O2/c1-11-7-13(9-16)17-14(8-11)18-15(19)20-10-12-5-3-2-4-6-12/h2-8H,10H2,1H3,(H,17,18,19). The molecule has 0 unspecified atom stereocenters. The summed E-state index contributed by atoms with van der Waals surface area (Å²) in [5.41, 5.74) is 2.00. The smallest absolute Gasteiger partial charge is 0.413 e. The predicted molar refractivity (Wildman–Crippen MR) is 73.9 cm³/mol. The number of anilines is 1. The Kier molecular flexibility index (Phi) is 4.30. The Morgan fingerprint density at radius 2 is 2.10 bits per heavy atom. The van der Waals surface area contributed by atoms with Crippen molar-refractivity contribution in [3.05, 3.63) is 59.3 Å². The van der Waals surface area contributed by atoms with Crippen molar-refractivity contribution >= 4 is 11.9 Å². The molecule has 0 bridgehead atoms. The largest absolute Gasteiger partial charge is 0.444 e. The van der Waals surface area contributed by atoms with E-state index in [1.54, 1.807) is 12.1 Å². The monoisotopic (exact) mass is 267 g/mol. The van der Waals surface area contributed by atoms with E-state index in [0.717, 1.165) is 11.1 Å². The van der Waals surface area contributed by atoms with Crippen LogP contribution in [0.1, 0.15) is 16.8 Å². The van der Waals surface area contributed by atoms with Crippen molar-refractivity contribution in [1.29, 1.82) is 5.26 Å². The summed E-state index contributed by atoms with van der Waals surface area (Å²) >= 11 is 0. The van der Waals surface area contributed by atoms with Gasteiger partial charge in [0.05, 0.1) is 0 Å². The lowest BCUT2D eigenvalue weighted by Crippen LogP contribution is -2.14. The third-order valence-electron chi connectivity index (χ3n) is 2.53. The molecule has 1 aromatic carbocycles. The summed E-state index contributed by atoms with van der Waals surface area (Å²) in [6, 6.07) is 14.6. The summed E-state index contributed by atoms with van der Waals surface area (Å²) < 4.78 is 5.07. The lowest BCUT2D eigenvalue weighted by atomic mass is 10.2. The Bertz CT molecular complexity index is 648. The summed E-state index contributed by atoms with van der Waals surface area (Å²) in [7, 11) is 0. The molecule has 1 amide bonds. The number of rotatable bonds is 3. The fourth-order valence-electron chi connectivity index (χ4n) is 1.65. The van der Waals surface area contributed by atoms with Crippen LogP contribution in [-0.4, -0.2) is 11.1 Å². The number of aromatic nitrogens is 1. The first kappa shape index (κ1) is 13.6. The van der Waals surface area contributed by atoms with Gasteiger partial charge >= 0.3 is 6.09 Å². The Hall–Kier alpha value is -2.87. The van der Waals surface area contributed by atoms with Gasteiger partial charge in [-0.1, -0.05) is 30.3 Å². The van der Waals surface area contributed by atoms with Gasteiger partial charge in [0.1, 0.15) is 24.2 Å². The zero-order valence-corrected chi connectivity index (χ0v) is 11.0. The third kappa shape index (κ3) is 3.82. The van der Waals surface area contributed by atoms with Gasteiger partial charge in [-0.2, -0.15) is 5.26 Å². The van der Waals surface area contributed by atoms with E-state index >= 15 is 0 Å². The molecule has 0 aliphatic carbocycles. The number of carbonyl (C=O) groups excluding carboxylic acids is 1. The molecule has 0 spiro atoms. The van der Waals surface area contributed by atoms with E-state index in [1.165, 1.54) is 0 Å². The van der Waals surface area contributed by atoms with Gasteiger partial charge in [-0.15, -0.1) is 0 Å². The molecular formula is C15H13N3O2. The highest BCUT2D eigenvalue weighted by Crippen LogP contribution is 2.10. The predicted octanol–water partition coefficient (Wildman–Crippen LogP) is 3.01. The Labute approximate surface area is 116 Å². The molecule has 0 fully saturated rings. The minimum absolute atomic E-state index is 0.184. The molecule has 20 heavy (non-hydrogen) atoms. The van der Waals surface area contributed by atoms with Gasteiger partial charge < -0.3 is 4.74 Å². The molecule has 2 aromatic rings. The molecule has 0 aliphatic rings. The second kappa shape index (κ2) is 6.34. The van der Waals surface area contributed by atoms with Crippen LogP contribution >= 0.6 is 0 Å². The summed E-state index contributed by atoms with van der Waals surface area (Å²) in [6.45, 7) is 2.01. The fourth-order valence-corrected chi connectivity index (χ4v) is 1.65. The minimum Gasteiger partial charge on any atom is -0.444 e. The van der Waals surface area contributed by atoms with Crippen LogP contribution in [0.4, 0.5) is 10.6 Å². The zero-order valence-electron chi connectivity index (χ0n) is 11.0. The minimum atomic E-state index is -0.601. The van der Waals surface area contributed by atoms with E-state index in [4.69, 9.17) is 10.00 Å². The van der Waals surface area contributed by atoms with Crippen molar-refractivity contribution in [3.63, 3.8) is 0 Å². The number of nitriles is 1. The van der Waals surface area contributed by atoms with E-state index in [2.05, 4.69) is 10.3 Å². The molecule has 5 heteroatoms.